The number of hydrogen-bond donors (Lipinski definition) is 1. The van der Waals surface area contributed by atoms with Gasteiger partial charge in [0.2, 0.25) is 0 Å². The number of carboxylic acids is 1. The van der Waals surface area contributed by atoms with Gasteiger partial charge in [0.15, 0.2) is 11.5 Å². The molecule has 6 nitrogen and oxygen atoms in total. The van der Waals surface area contributed by atoms with E-state index >= 15 is 0 Å². The maximum atomic E-state index is 12.8. The van der Waals surface area contributed by atoms with Crippen LogP contribution in [-0.4, -0.2) is 39.4 Å². The third-order valence-corrected chi connectivity index (χ3v) is 6.42. The maximum Gasteiger partial charge on any atom is 0.305 e. The molecule has 0 aliphatic carbocycles. The van der Waals surface area contributed by atoms with E-state index in [1.165, 1.54) is 10.5 Å². The molecule has 178 valence electrons. The number of benzene rings is 2. The normalized spacial score (nSPS) is 14.5. The van der Waals surface area contributed by atoms with E-state index in [-0.39, 0.29) is 18.9 Å². The van der Waals surface area contributed by atoms with Crippen LogP contribution < -0.4 is 9.47 Å². The maximum absolute atomic E-state index is 12.8. The molecule has 0 aromatic heterocycles. The summed E-state index contributed by atoms with van der Waals surface area (Å²) in [5.74, 6) is -0.0380. The predicted molar refractivity (Wildman–Crippen MR) is 139 cm³/mol. The van der Waals surface area contributed by atoms with Gasteiger partial charge in [-0.2, -0.15) is 0 Å². The van der Waals surface area contributed by atoms with E-state index in [1.54, 1.807) is 12.2 Å². The van der Waals surface area contributed by atoms with E-state index in [9.17, 15) is 9.59 Å². The van der Waals surface area contributed by atoms with Crippen molar-refractivity contribution >= 4 is 46.3 Å². The molecule has 0 bridgehead atoms. The van der Waals surface area contributed by atoms with E-state index in [1.807, 2.05) is 50.2 Å². The molecule has 2 aromatic carbocycles. The number of aryl methyl sites for hydroxylation is 1. The largest absolute Gasteiger partial charge is 0.490 e. The van der Waals surface area contributed by atoms with Crippen LogP contribution in [0.25, 0.3) is 6.08 Å². The Morgan fingerprint density at radius 2 is 1.97 bits per heavy atom. The van der Waals surface area contributed by atoms with Crippen molar-refractivity contribution < 1.29 is 24.2 Å². The number of nitrogens with zero attached hydrogens (tertiary/aromatic N) is 1. The summed E-state index contributed by atoms with van der Waals surface area (Å²) < 4.78 is 12.4. The second kappa shape index (κ2) is 11.9. The van der Waals surface area contributed by atoms with Crippen LogP contribution in [0.3, 0.4) is 0 Å². The molecule has 0 radical (unpaired) electrons. The van der Waals surface area contributed by atoms with E-state index < -0.39 is 5.97 Å². The number of carbonyl (C=O) groups is 2. The summed E-state index contributed by atoms with van der Waals surface area (Å²) in [6, 6.07) is 11.9. The number of rotatable bonds is 11. The van der Waals surface area contributed by atoms with E-state index in [0.29, 0.717) is 40.4 Å². The van der Waals surface area contributed by atoms with Gasteiger partial charge < -0.3 is 14.6 Å². The highest BCUT2D eigenvalue weighted by Gasteiger charge is 2.32. The van der Waals surface area contributed by atoms with Crippen LogP contribution >= 0.6 is 24.0 Å². The number of thiocarbonyl (C=S) groups is 1. The Balaban J connectivity index is 1.90. The van der Waals surface area contributed by atoms with Crippen molar-refractivity contribution in [2.45, 2.75) is 33.3 Å². The molecule has 1 aliphatic rings. The lowest BCUT2D eigenvalue weighted by Gasteiger charge is -2.17. The fraction of sp³-hybridized carbons (Fsp3) is 0.269. The zero-order valence-corrected chi connectivity index (χ0v) is 20.8. The van der Waals surface area contributed by atoms with Crippen molar-refractivity contribution in [3.63, 3.8) is 0 Å². The number of thioether (sulfide) groups is 1. The van der Waals surface area contributed by atoms with Crippen LogP contribution in [0.5, 0.6) is 11.5 Å². The molecule has 0 atom stereocenters. The predicted octanol–water partition coefficient (Wildman–Crippen LogP) is 5.38. The SMILES string of the molecule is C=CCc1cc(/C=C2/SC(=S)N(CCC(=O)O)C2=O)cc(OCC)c1OCc1ccc(C)cc1. The molecule has 1 heterocycles. The fourth-order valence-electron chi connectivity index (χ4n) is 3.39. The molecule has 34 heavy (non-hydrogen) atoms. The van der Waals surface area contributed by atoms with E-state index in [2.05, 4.69) is 6.58 Å². The van der Waals surface area contributed by atoms with Gasteiger partial charge >= 0.3 is 5.97 Å². The van der Waals surface area contributed by atoms with Gasteiger partial charge in [-0.25, -0.2) is 0 Å². The zero-order valence-electron chi connectivity index (χ0n) is 19.2. The lowest BCUT2D eigenvalue weighted by Crippen LogP contribution is -2.30. The van der Waals surface area contributed by atoms with Gasteiger partial charge in [0, 0.05) is 12.1 Å². The Morgan fingerprint density at radius 1 is 1.24 bits per heavy atom. The monoisotopic (exact) mass is 497 g/mol. The van der Waals surface area contributed by atoms with Crippen LogP contribution in [0.1, 0.15) is 35.6 Å². The van der Waals surface area contributed by atoms with Crippen molar-refractivity contribution in [2.24, 2.45) is 0 Å². The van der Waals surface area contributed by atoms with Crippen LogP contribution in [0.2, 0.25) is 0 Å². The second-order valence-electron chi connectivity index (χ2n) is 7.68. The van der Waals surface area contributed by atoms with E-state index in [0.717, 1.165) is 28.5 Å². The van der Waals surface area contributed by atoms with E-state index in [4.69, 9.17) is 26.8 Å². The van der Waals surface area contributed by atoms with Gasteiger partial charge in [0.1, 0.15) is 10.9 Å². The van der Waals surface area contributed by atoms with Crippen molar-refractivity contribution in [2.75, 3.05) is 13.2 Å². The van der Waals surface area contributed by atoms with Crippen LogP contribution in [0.4, 0.5) is 0 Å². The standard InChI is InChI=1S/C26H27NO5S2/c1-4-6-20-13-19(15-22-25(30)27(26(33)34-22)12-11-23(28)29)14-21(31-5-2)24(20)32-16-18-9-7-17(3)8-10-18/h4,7-10,13-15H,1,5-6,11-12,16H2,2-3H3,(H,28,29)/b22-15+. The van der Waals surface area contributed by atoms with Crippen molar-refractivity contribution in [3.05, 3.63) is 76.2 Å². The topological polar surface area (TPSA) is 76.1 Å². The van der Waals surface area contributed by atoms with Gasteiger partial charge in [0.05, 0.1) is 17.9 Å². The molecule has 1 N–H and O–H groups in total. The summed E-state index contributed by atoms with van der Waals surface area (Å²) in [5.41, 5.74) is 3.89. The number of allylic oxidation sites excluding steroid dienone is 1. The third-order valence-electron chi connectivity index (χ3n) is 5.04. The summed E-state index contributed by atoms with van der Waals surface area (Å²) >= 11 is 6.45. The first-order valence-electron chi connectivity index (χ1n) is 10.9. The number of ether oxygens (including phenoxy) is 2. The Labute approximate surface area is 209 Å². The van der Waals surface area contributed by atoms with Crippen LogP contribution in [-0.2, 0) is 22.6 Å². The third kappa shape index (κ3) is 6.48. The molecule has 0 unspecified atom stereocenters. The molecule has 3 rings (SSSR count). The highest BCUT2D eigenvalue weighted by atomic mass is 32.2. The lowest BCUT2D eigenvalue weighted by atomic mass is 10.0. The van der Waals surface area contributed by atoms with Crippen molar-refractivity contribution in [1.29, 1.82) is 0 Å². The summed E-state index contributed by atoms with van der Waals surface area (Å²) in [4.78, 5) is 25.4. The van der Waals surface area contributed by atoms with Crippen LogP contribution in [0.15, 0.2) is 54.0 Å². The summed E-state index contributed by atoms with van der Waals surface area (Å²) in [5, 5.41) is 8.93. The fourth-order valence-corrected chi connectivity index (χ4v) is 4.70. The smallest absolute Gasteiger partial charge is 0.305 e. The summed E-state index contributed by atoms with van der Waals surface area (Å²) in [6.45, 7) is 8.70. The van der Waals surface area contributed by atoms with Gasteiger partial charge in [-0.15, -0.1) is 6.58 Å². The molecule has 0 saturated carbocycles. The molecular formula is C26H27NO5S2. The summed E-state index contributed by atoms with van der Waals surface area (Å²) in [7, 11) is 0. The average Bonchev–Trinajstić information content (AvgIpc) is 3.05. The summed E-state index contributed by atoms with van der Waals surface area (Å²) in [6.07, 6.45) is 3.94. The number of hydrogen-bond acceptors (Lipinski definition) is 6. The van der Waals surface area contributed by atoms with Gasteiger partial charge in [-0.3, -0.25) is 14.5 Å². The van der Waals surface area contributed by atoms with Crippen molar-refractivity contribution in [1.82, 2.24) is 4.90 Å². The molecule has 8 heteroatoms. The highest BCUT2D eigenvalue weighted by molar-refractivity contribution is 8.26. The first-order chi connectivity index (χ1) is 16.3. The second-order valence-corrected chi connectivity index (χ2v) is 9.36. The Morgan fingerprint density at radius 3 is 2.62 bits per heavy atom. The number of amides is 1. The van der Waals surface area contributed by atoms with Crippen molar-refractivity contribution in [3.8, 4) is 11.5 Å². The molecular weight excluding hydrogens is 470 g/mol. The minimum absolute atomic E-state index is 0.0506. The lowest BCUT2D eigenvalue weighted by molar-refractivity contribution is -0.137. The zero-order chi connectivity index (χ0) is 24.7. The van der Waals surface area contributed by atoms with Gasteiger partial charge in [0.25, 0.3) is 5.91 Å². The number of carbonyl (C=O) groups excluding carboxylic acids is 1. The molecule has 0 spiro atoms. The Kier molecular flexibility index (Phi) is 8.90. The number of aliphatic carboxylic acids is 1. The van der Waals surface area contributed by atoms with Crippen LogP contribution in [0, 0.1) is 6.92 Å². The average molecular weight is 498 g/mol. The quantitative estimate of drug-likeness (QED) is 0.254. The first kappa shape index (κ1) is 25.5. The minimum atomic E-state index is -0.977. The van der Waals surface area contributed by atoms with Gasteiger partial charge in [-0.05, 0) is 49.6 Å². The Hall–Kier alpha value is -3.10. The molecule has 1 fully saturated rings. The minimum Gasteiger partial charge on any atom is -0.490 e. The Bertz CT molecular complexity index is 1120. The molecule has 1 aliphatic heterocycles. The molecule has 1 saturated heterocycles. The highest BCUT2D eigenvalue weighted by Crippen LogP contribution is 2.38. The van der Waals surface area contributed by atoms with Gasteiger partial charge in [-0.1, -0.05) is 59.9 Å². The molecule has 1 amide bonds. The molecule has 2 aromatic rings. The first-order valence-corrected chi connectivity index (χ1v) is 12.1. The number of carboxylic acid groups (broad SMARTS) is 1.